The molecule has 2 aromatic heterocycles. The number of hydrogen-bond donors (Lipinski definition) is 0. The Labute approximate surface area is 380 Å². The van der Waals surface area contributed by atoms with E-state index in [1.807, 2.05) is 102 Å². The van der Waals surface area contributed by atoms with Gasteiger partial charge in [-0.05, 0) is 82.4 Å². The first-order chi connectivity index (χ1) is 30.3. The van der Waals surface area contributed by atoms with Crippen molar-refractivity contribution in [3.8, 4) is 51.4 Å². The molecular formula is C54H38N5O3Pt-3. The fourth-order valence-corrected chi connectivity index (χ4v) is 8.61. The summed E-state index contributed by atoms with van der Waals surface area (Å²) < 4.78 is 21.8. The number of aromatic nitrogens is 2. The van der Waals surface area contributed by atoms with E-state index < -0.39 is 0 Å². The van der Waals surface area contributed by atoms with Crippen LogP contribution in [0.2, 0.25) is 0 Å². The molecule has 7 aromatic carbocycles. The van der Waals surface area contributed by atoms with Crippen LogP contribution in [-0.2, 0) is 26.5 Å². The van der Waals surface area contributed by atoms with E-state index in [0.29, 0.717) is 11.5 Å². The van der Waals surface area contributed by atoms with Crippen LogP contribution in [0.15, 0.2) is 170 Å². The Hall–Kier alpha value is -7.28. The molecule has 0 spiro atoms. The van der Waals surface area contributed by atoms with Gasteiger partial charge in [-0.1, -0.05) is 93.0 Å². The van der Waals surface area contributed by atoms with Crippen molar-refractivity contribution in [3.63, 3.8) is 0 Å². The SMILES string of the molecule is CC(C)(C)c1ccnc(-n2c3[c-]c(Oc4[c-]c(N5C=CN(c6cc7c8c(c6)Oc6ccccc6N8c6ccccc6O7)[CH-]5)ccc4)ccc3c3cc(-c4ccccc4)ccc32)c1.[Pt]. The molecule has 0 radical (unpaired) electrons. The number of hydrogen-bond acceptors (Lipinski definition) is 7. The Morgan fingerprint density at radius 3 is 2.05 bits per heavy atom. The standard InChI is InChI=1S/C54H38N5O3.Pt/c1-54(2,3)37-24-25-55-52(29-37)58-44-23-20-36(35-12-5-4-6-13-35)28-43(44)42-22-21-41(33-47(42)58)60-40-15-11-14-38(30-40)56-26-27-57(34-56)39-31-50-53-51(32-39)62-49-19-10-8-17-46(49)59(53)45-16-7-9-18-48(45)61-50;/h4-29,31-32,34H,1-3H3;/q-3;. The first-order valence-corrected chi connectivity index (χ1v) is 20.7. The Kier molecular flexibility index (Phi) is 9.18. The fraction of sp³-hybridized carbons (Fsp3) is 0.0741. The summed E-state index contributed by atoms with van der Waals surface area (Å²) in [5.41, 5.74) is 9.94. The summed E-state index contributed by atoms with van der Waals surface area (Å²) >= 11 is 0. The minimum Gasteiger partial charge on any atom is -0.509 e. The van der Waals surface area contributed by atoms with Gasteiger partial charge in [0.15, 0.2) is 23.0 Å². The summed E-state index contributed by atoms with van der Waals surface area (Å²) in [5.74, 6) is 4.99. The summed E-state index contributed by atoms with van der Waals surface area (Å²) in [6, 6.07) is 58.8. The van der Waals surface area contributed by atoms with Crippen molar-refractivity contribution in [2.75, 3.05) is 14.7 Å². The molecule has 0 fully saturated rings. The van der Waals surface area contributed by atoms with Crippen molar-refractivity contribution < 1.29 is 35.3 Å². The third-order valence-corrected chi connectivity index (χ3v) is 11.7. The van der Waals surface area contributed by atoms with Gasteiger partial charge in [-0.3, -0.25) is 4.90 Å². The summed E-state index contributed by atoms with van der Waals surface area (Å²) in [7, 11) is 0. The number of benzene rings is 7. The van der Waals surface area contributed by atoms with Crippen molar-refractivity contribution in [1.29, 1.82) is 0 Å². The summed E-state index contributed by atoms with van der Waals surface area (Å²) in [6.45, 7) is 8.67. The van der Waals surface area contributed by atoms with E-state index in [-0.39, 0.29) is 26.5 Å². The molecule has 3 aliphatic rings. The van der Waals surface area contributed by atoms with E-state index in [4.69, 9.17) is 19.2 Å². The zero-order valence-corrected chi connectivity index (χ0v) is 36.8. The first kappa shape index (κ1) is 38.6. The second-order valence-electron chi connectivity index (χ2n) is 16.7. The second-order valence-corrected chi connectivity index (χ2v) is 16.7. The molecule has 310 valence electrons. The number of pyridine rings is 1. The first-order valence-electron chi connectivity index (χ1n) is 20.7. The van der Waals surface area contributed by atoms with Crippen molar-refractivity contribution in [2.24, 2.45) is 0 Å². The van der Waals surface area contributed by atoms with Crippen LogP contribution in [0.3, 0.4) is 0 Å². The summed E-state index contributed by atoms with van der Waals surface area (Å²) in [5, 5.41) is 2.19. The van der Waals surface area contributed by atoms with Crippen LogP contribution < -0.4 is 28.9 Å². The maximum atomic E-state index is 6.56. The van der Waals surface area contributed by atoms with Gasteiger partial charge in [0.05, 0.1) is 11.4 Å². The monoisotopic (exact) mass is 999 g/mol. The van der Waals surface area contributed by atoms with Crippen LogP contribution in [0.25, 0.3) is 38.8 Å². The number of ether oxygens (including phenoxy) is 3. The molecule has 0 unspecified atom stereocenters. The minimum atomic E-state index is -0.0458. The largest absolute Gasteiger partial charge is 0.509 e. The van der Waals surface area contributed by atoms with Gasteiger partial charge in [0.1, 0.15) is 11.5 Å². The molecule has 0 saturated heterocycles. The van der Waals surface area contributed by atoms with E-state index in [9.17, 15) is 0 Å². The van der Waals surface area contributed by atoms with Gasteiger partial charge in [0.2, 0.25) is 0 Å². The second kappa shape index (κ2) is 15.0. The maximum absolute atomic E-state index is 6.56. The molecule has 8 nitrogen and oxygen atoms in total. The van der Waals surface area contributed by atoms with E-state index in [0.717, 1.165) is 84.6 Å². The summed E-state index contributed by atoms with van der Waals surface area (Å²) in [6.07, 6.45) is 5.90. The third kappa shape index (κ3) is 6.61. The zero-order chi connectivity index (χ0) is 41.5. The molecular weight excluding hydrogens is 962 g/mol. The number of anilines is 5. The molecule has 63 heavy (non-hydrogen) atoms. The Morgan fingerprint density at radius 1 is 0.603 bits per heavy atom. The van der Waals surface area contributed by atoms with Crippen molar-refractivity contribution >= 4 is 50.2 Å². The van der Waals surface area contributed by atoms with E-state index in [1.54, 1.807) is 0 Å². The van der Waals surface area contributed by atoms with Crippen molar-refractivity contribution in [2.45, 2.75) is 26.2 Å². The van der Waals surface area contributed by atoms with Crippen molar-refractivity contribution in [3.05, 3.63) is 195 Å². The number of rotatable bonds is 6. The quantitative estimate of drug-likeness (QED) is 0.154. The average Bonchev–Trinajstić information content (AvgIpc) is 3.92. The predicted molar refractivity (Wildman–Crippen MR) is 247 cm³/mol. The molecule has 0 bridgehead atoms. The molecule has 9 heteroatoms. The Morgan fingerprint density at radius 2 is 1.30 bits per heavy atom. The molecule has 12 rings (SSSR count). The van der Waals surface area contributed by atoms with Gasteiger partial charge in [0.25, 0.3) is 0 Å². The smallest absolute Gasteiger partial charge is 0.157 e. The zero-order valence-electron chi connectivity index (χ0n) is 34.5. The van der Waals surface area contributed by atoms with E-state index in [1.165, 1.54) is 11.1 Å². The van der Waals surface area contributed by atoms with Crippen LogP contribution in [0, 0.1) is 18.8 Å². The normalized spacial score (nSPS) is 13.5. The summed E-state index contributed by atoms with van der Waals surface area (Å²) in [4.78, 5) is 11.2. The van der Waals surface area contributed by atoms with Gasteiger partial charge in [-0.15, -0.1) is 48.1 Å². The Bertz CT molecular complexity index is 3210. The molecule has 0 atom stereocenters. The van der Waals surface area contributed by atoms with Crippen LogP contribution in [-0.4, -0.2) is 9.55 Å². The number of fused-ring (bicyclic) bond motifs is 7. The molecule has 0 amide bonds. The third-order valence-electron chi connectivity index (χ3n) is 11.7. The Balaban J connectivity index is 0.00000444. The van der Waals surface area contributed by atoms with Gasteiger partial charge >= 0.3 is 0 Å². The van der Waals surface area contributed by atoms with E-state index in [2.05, 4.69) is 127 Å². The van der Waals surface area contributed by atoms with Crippen LogP contribution in [0.4, 0.5) is 28.4 Å². The number of para-hydroxylation sites is 4. The van der Waals surface area contributed by atoms with Gasteiger partial charge in [-0.2, -0.15) is 12.1 Å². The number of nitrogens with zero attached hydrogens (tertiary/aromatic N) is 5. The fourth-order valence-electron chi connectivity index (χ4n) is 8.61. The van der Waals surface area contributed by atoms with Crippen LogP contribution >= 0.6 is 0 Å². The molecule has 5 heterocycles. The molecule has 0 aliphatic carbocycles. The molecule has 0 N–H and O–H groups in total. The predicted octanol–water partition coefficient (Wildman–Crippen LogP) is 14.1. The van der Waals surface area contributed by atoms with Crippen LogP contribution in [0.5, 0.6) is 34.5 Å². The molecule has 3 aliphatic heterocycles. The topological polar surface area (TPSA) is 55.2 Å². The van der Waals surface area contributed by atoms with Gasteiger partial charge in [0, 0.05) is 62.1 Å². The van der Waals surface area contributed by atoms with E-state index >= 15 is 0 Å². The molecule has 9 aromatic rings. The maximum Gasteiger partial charge on any atom is 0.157 e. The minimum absolute atomic E-state index is 0. The van der Waals surface area contributed by atoms with Crippen LogP contribution in [0.1, 0.15) is 26.3 Å². The van der Waals surface area contributed by atoms with Gasteiger partial charge in [-0.25, -0.2) is 4.98 Å². The van der Waals surface area contributed by atoms with Gasteiger partial charge < -0.3 is 28.6 Å². The molecule has 0 saturated carbocycles. The van der Waals surface area contributed by atoms with Crippen molar-refractivity contribution in [1.82, 2.24) is 9.55 Å². The average molecular weight is 1000 g/mol.